The molecule has 0 saturated carbocycles. The van der Waals surface area contributed by atoms with Gasteiger partial charge in [0.15, 0.2) is 0 Å². The van der Waals surface area contributed by atoms with Gasteiger partial charge in [-0.15, -0.1) is 0 Å². The molecule has 0 radical (unpaired) electrons. The van der Waals surface area contributed by atoms with Gasteiger partial charge in [0, 0.05) is 18.5 Å². The maximum absolute atomic E-state index is 12.9. The van der Waals surface area contributed by atoms with Gasteiger partial charge in [-0.05, 0) is 30.7 Å². The Morgan fingerprint density at radius 3 is 2.69 bits per heavy atom. The quantitative estimate of drug-likeness (QED) is 0.791. The second kappa shape index (κ2) is 5.25. The molecule has 16 heavy (non-hydrogen) atoms. The largest absolute Gasteiger partial charge is 0.370 e. The molecule has 4 nitrogen and oxygen atoms in total. The van der Waals surface area contributed by atoms with Crippen LogP contribution in [-0.2, 0) is 4.79 Å². The molecule has 0 unspecified atom stereocenters. The van der Waals surface area contributed by atoms with Crippen LogP contribution in [0.4, 0.5) is 4.39 Å². The molecule has 0 spiro atoms. The predicted octanol–water partition coefficient (Wildman–Crippen LogP) is 0.739. The zero-order valence-corrected chi connectivity index (χ0v) is 8.92. The van der Waals surface area contributed by atoms with Crippen molar-refractivity contribution in [1.82, 2.24) is 5.32 Å². The highest BCUT2D eigenvalue weighted by atomic mass is 19.1. The van der Waals surface area contributed by atoms with Crippen LogP contribution in [0.5, 0.6) is 0 Å². The van der Waals surface area contributed by atoms with Crippen molar-refractivity contribution in [1.29, 1.82) is 0 Å². The standard InChI is InChI=1S/C11H13FN2O2/c1-7-6-8(2-3-9(7)12)11(16)14-5-4-10(13)15/h2-3,6H,4-5H2,1H3,(H2,13,15)(H,14,16). The first kappa shape index (κ1) is 12.2. The molecule has 86 valence electrons. The summed E-state index contributed by atoms with van der Waals surface area (Å²) in [7, 11) is 0. The Labute approximate surface area is 92.6 Å². The third-order valence-electron chi connectivity index (χ3n) is 2.08. The molecule has 0 bridgehead atoms. The summed E-state index contributed by atoms with van der Waals surface area (Å²) < 4.78 is 12.9. The molecule has 1 aromatic carbocycles. The van der Waals surface area contributed by atoms with E-state index < -0.39 is 5.91 Å². The van der Waals surface area contributed by atoms with Gasteiger partial charge in [-0.2, -0.15) is 0 Å². The average Bonchev–Trinajstić information content (AvgIpc) is 2.21. The van der Waals surface area contributed by atoms with Crippen molar-refractivity contribution in [2.24, 2.45) is 5.73 Å². The van der Waals surface area contributed by atoms with E-state index in [-0.39, 0.29) is 24.7 Å². The number of carbonyl (C=O) groups is 2. The number of halogens is 1. The normalized spacial score (nSPS) is 9.88. The first-order valence-corrected chi connectivity index (χ1v) is 4.83. The van der Waals surface area contributed by atoms with E-state index in [4.69, 9.17) is 5.73 Å². The minimum atomic E-state index is -0.476. The van der Waals surface area contributed by atoms with E-state index in [2.05, 4.69) is 5.32 Å². The Bertz CT molecular complexity index is 418. The third-order valence-corrected chi connectivity index (χ3v) is 2.08. The molecule has 5 heteroatoms. The Kier molecular flexibility index (Phi) is 3.99. The second-order valence-corrected chi connectivity index (χ2v) is 3.44. The summed E-state index contributed by atoms with van der Waals surface area (Å²) in [6.07, 6.45) is 0.0892. The Morgan fingerprint density at radius 2 is 2.12 bits per heavy atom. The van der Waals surface area contributed by atoms with Crippen LogP contribution in [0.15, 0.2) is 18.2 Å². The number of nitrogens with one attached hydrogen (secondary N) is 1. The third kappa shape index (κ3) is 3.34. The zero-order chi connectivity index (χ0) is 12.1. The lowest BCUT2D eigenvalue weighted by atomic mass is 10.1. The van der Waals surface area contributed by atoms with Crippen LogP contribution in [0, 0.1) is 12.7 Å². The van der Waals surface area contributed by atoms with E-state index in [9.17, 15) is 14.0 Å². The molecule has 0 aliphatic heterocycles. The van der Waals surface area contributed by atoms with E-state index in [0.29, 0.717) is 11.1 Å². The Hall–Kier alpha value is -1.91. The predicted molar refractivity (Wildman–Crippen MR) is 57.3 cm³/mol. The smallest absolute Gasteiger partial charge is 0.251 e. The summed E-state index contributed by atoms with van der Waals surface area (Å²) >= 11 is 0. The van der Waals surface area contributed by atoms with E-state index in [0.717, 1.165) is 0 Å². The SMILES string of the molecule is Cc1cc(C(=O)NCCC(N)=O)ccc1F. The molecule has 0 atom stereocenters. The molecule has 3 N–H and O–H groups in total. The van der Waals surface area contributed by atoms with Crippen LogP contribution in [0.1, 0.15) is 22.3 Å². The minimum absolute atomic E-state index is 0.0892. The number of aryl methyl sites for hydroxylation is 1. The summed E-state index contributed by atoms with van der Waals surface area (Å²) in [5.41, 5.74) is 5.69. The minimum Gasteiger partial charge on any atom is -0.370 e. The summed E-state index contributed by atoms with van der Waals surface area (Å²) in [6.45, 7) is 1.76. The van der Waals surface area contributed by atoms with Gasteiger partial charge < -0.3 is 11.1 Å². The number of amides is 2. The molecule has 0 fully saturated rings. The number of hydrogen-bond acceptors (Lipinski definition) is 2. The van der Waals surface area contributed by atoms with Crippen LogP contribution in [-0.4, -0.2) is 18.4 Å². The Morgan fingerprint density at radius 1 is 1.44 bits per heavy atom. The molecule has 0 aliphatic carbocycles. The van der Waals surface area contributed by atoms with Gasteiger partial charge in [-0.25, -0.2) is 4.39 Å². The van der Waals surface area contributed by atoms with Crippen molar-refractivity contribution < 1.29 is 14.0 Å². The summed E-state index contributed by atoms with van der Waals surface area (Å²) in [5.74, 6) is -1.17. The monoisotopic (exact) mass is 224 g/mol. The van der Waals surface area contributed by atoms with Crippen molar-refractivity contribution in [2.75, 3.05) is 6.54 Å². The van der Waals surface area contributed by atoms with Gasteiger partial charge >= 0.3 is 0 Å². The molecule has 0 aliphatic rings. The van der Waals surface area contributed by atoms with Crippen LogP contribution < -0.4 is 11.1 Å². The van der Waals surface area contributed by atoms with Crippen molar-refractivity contribution in [3.05, 3.63) is 35.1 Å². The summed E-state index contributed by atoms with van der Waals surface area (Å²) in [5, 5.41) is 2.51. The first-order chi connectivity index (χ1) is 7.50. The van der Waals surface area contributed by atoms with Crippen molar-refractivity contribution in [3.8, 4) is 0 Å². The highest BCUT2D eigenvalue weighted by Crippen LogP contribution is 2.08. The number of carbonyl (C=O) groups excluding carboxylic acids is 2. The lowest BCUT2D eigenvalue weighted by Crippen LogP contribution is -2.27. The average molecular weight is 224 g/mol. The van der Waals surface area contributed by atoms with Gasteiger partial charge in [0.2, 0.25) is 5.91 Å². The molecular formula is C11H13FN2O2. The molecule has 1 aromatic rings. The topological polar surface area (TPSA) is 72.2 Å². The highest BCUT2D eigenvalue weighted by molar-refractivity contribution is 5.94. The number of primary amides is 1. The summed E-state index contributed by atoms with van der Waals surface area (Å²) in [4.78, 5) is 21.9. The van der Waals surface area contributed by atoms with Gasteiger partial charge in [0.25, 0.3) is 5.91 Å². The van der Waals surface area contributed by atoms with Gasteiger partial charge in [-0.1, -0.05) is 0 Å². The fourth-order valence-electron chi connectivity index (χ4n) is 1.19. The maximum Gasteiger partial charge on any atom is 0.251 e. The fourth-order valence-corrected chi connectivity index (χ4v) is 1.19. The van der Waals surface area contributed by atoms with Crippen LogP contribution in [0.25, 0.3) is 0 Å². The van der Waals surface area contributed by atoms with Gasteiger partial charge in [0.05, 0.1) is 0 Å². The zero-order valence-electron chi connectivity index (χ0n) is 8.92. The highest BCUT2D eigenvalue weighted by Gasteiger charge is 2.07. The van der Waals surface area contributed by atoms with Crippen LogP contribution in [0.3, 0.4) is 0 Å². The fraction of sp³-hybridized carbons (Fsp3) is 0.273. The molecule has 0 heterocycles. The number of hydrogen-bond donors (Lipinski definition) is 2. The van der Waals surface area contributed by atoms with Crippen molar-refractivity contribution in [2.45, 2.75) is 13.3 Å². The van der Waals surface area contributed by atoms with E-state index in [1.807, 2.05) is 0 Å². The lowest BCUT2D eigenvalue weighted by molar-refractivity contribution is -0.117. The summed E-state index contributed by atoms with van der Waals surface area (Å²) in [6, 6.07) is 4.08. The Balaban J connectivity index is 2.59. The van der Waals surface area contributed by atoms with Crippen LogP contribution >= 0.6 is 0 Å². The van der Waals surface area contributed by atoms with Crippen LogP contribution in [0.2, 0.25) is 0 Å². The van der Waals surface area contributed by atoms with Gasteiger partial charge in [0.1, 0.15) is 5.82 Å². The van der Waals surface area contributed by atoms with E-state index in [1.54, 1.807) is 6.92 Å². The molecule has 0 saturated heterocycles. The molecular weight excluding hydrogens is 211 g/mol. The molecule has 0 aromatic heterocycles. The van der Waals surface area contributed by atoms with Crippen molar-refractivity contribution >= 4 is 11.8 Å². The number of rotatable bonds is 4. The van der Waals surface area contributed by atoms with E-state index in [1.165, 1.54) is 18.2 Å². The number of nitrogens with two attached hydrogens (primary N) is 1. The number of benzene rings is 1. The molecule has 1 rings (SSSR count). The molecule has 2 amide bonds. The van der Waals surface area contributed by atoms with E-state index >= 15 is 0 Å². The lowest BCUT2D eigenvalue weighted by Gasteiger charge is -2.04. The maximum atomic E-state index is 12.9. The second-order valence-electron chi connectivity index (χ2n) is 3.44. The first-order valence-electron chi connectivity index (χ1n) is 4.83. The van der Waals surface area contributed by atoms with Crippen molar-refractivity contribution in [3.63, 3.8) is 0 Å². The van der Waals surface area contributed by atoms with Gasteiger partial charge in [-0.3, -0.25) is 9.59 Å².